The van der Waals surface area contributed by atoms with Crippen LogP contribution < -0.4 is 0 Å². The maximum Gasteiger partial charge on any atom is -0.00910 e. The zero-order valence-corrected chi connectivity index (χ0v) is 7.89. The van der Waals surface area contributed by atoms with Crippen LogP contribution in [0.4, 0.5) is 0 Å². The summed E-state index contributed by atoms with van der Waals surface area (Å²) in [6.07, 6.45) is 1.27. The zero-order chi connectivity index (χ0) is 5.98. The van der Waals surface area contributed by atoms with E-state index >= 15 is 0 Å². The van der Waals surface area contributed by atoms with Gasteiger partial charge in [-0.25, -0.2) is 0 Å². The molecule has 0 nitrogen and oxygen atoms in total. The van der Waals surface area contributed by atoms with Gasteiger partial charge in [-0.2, -0.15) is 0 Å². The normalized spacial score (nSPS) is 12.8. The van der Waals surface area contributed by atoms with Crippen molar-refractivity contribution in [3.63, 3.8) is 0 Å². The van der Waals surface area contributed by atoms with Crippen molar-refractivity contribution in [1.82, 2.24) is 0 Å². The van der Waals surface area contributed by atoms with Crippen molar-refractivity contribution in [3.8, 4) is 0 Å². The van der Waals surface area contributed by atoms with Crippen LogP contribution in [-0.4, -0.2) is 0 Å². The third-order valence-corrected chi connectivity index (χ3v) is 7.23. The molecule has 1 aromatic heterocycles. The molecular weight excluding hydrogens is 153 g/mol. The molecule has 1 rings (SSSR count). The lowest BCUT2D eigenvalue weighted by Gasteiger charge is -1.87. The smallest absolute Gasteiger partial charge is 0.00910 e. The van der Waals surface area contributed by atoms with Crippen LogP contribution in [0, 0.1) is 6.92 Å². The highest BCUT2D eigenvalue weighted by Crippen LogP contribution is 2.41. The van der Waals surface area contributed by atoms with Gasteiger partial charge in [-0.15, -0.1) is 7.87 Å². The van der Waals surface area contributed by atoms with Gasteiger partial charge in [0, 0.05) is 0 Å². The molecule has 44 valence electrons. The van der Waals surface area contributed by atoms with E-state index in [1.165, 1.54) is 6.42 Å². The van der Waals surface area contributed by atoms with E-state index in [4.69, 9.17) is 0 Å². The molecule has 0 aliphatic carbocycles. The van der Waals surface area contributed by atoms with Gasteiger partial charge in [0.1, 0.15) is 0 Å². The fourth-order valence-electron chi connectivity index (χ4n) is 0.636. The van der Waals surface area contributed by atoms with Crippen molar-refractivity contribution >= 4 is 23.3 Å². The quantitative estimate of drug-likeness (QED) is 0.589. The second kappa shape index (κ2) is 2.98. The van der Waals surface area contributed by atoms with Crippen molar-refractivity contribution in [2.24, 2.45) is 0 Å². The average molecular weight is 162 g/mol. The first-order chi connectivity index (χ1) is 3.84. The molecule has 1 heterocycles. The molecule has 0 bridgehead atoms. The highest BCUT2D eigenvalue weighted by molar-refractivity contribution is 8.17. The van der Waals surface area contributed by atoms with Gasteiger partial charge >= 0.3 is 0 Å². The van der Waals surface area contributed by atoms with E-state index in [0.29, 0.717) is 0 Å². The molecule has 0 amide bonds. The maximum atomic E-state index is 2.27. The number of hydrogen-bond acceptors (Lipinski definition) is 0. The molecule has 0 aliphatic heterocycles. The Morgan fingerprint density at radius 2 is 2.38 bits per heavy atom. The Kier molecular flexibility index (Phi) is 2.51. The molecule has 3 heteroatoms. The Balaban J connectivity index is 2.92. The van der Waals surface area contributed by atoms with Crippen LogP contribution in [0.5, 0.6) is 0 Å². The standard InChI is InChI=1S/C5H9P3/c1-3-5-4(2)6-8-7-5/h6H,3H2,1-2H3. The lowest BCUT2D eigenvalue weighted by molar-refractivity contribution is 1.17. The molecule has 0 saturated carbocycles. The molecule has 1 atom stereocenters. The lowest BCUT2D eigenvalue weighted by atomic mass is 10.4. The van der Waals surface area contributed by atoms with Gasteiger partial charge in [0.25, 0.3) is 0 Å². The van der Waals surface area contributed by atoms with Crippen LogP contribution in [0.25, 0.3) is 0 Å². The summed E-state index contributed by atoms with van der Waals surface area (Å²) in [5, 5.41) is 3.35. The van der Waals surface area contributed by atoms with Crippen LogP contribution in [0.2, 0.25) is 0 Å². The van der Waals surface area contributed by atoms with Gasteiger partial charge in [0.05, 0.1) is 0 Å². The largest absolute Gasteiger partial charge is 0.102 e. The van der Waals surface area contributed by atoms with E-state index in [1.807, 2.05) is 0 Å². The fourth-order valence-corrected chi connectivity index (χ4v) is 7.56. The van der Waals surface area contributed by atoms with E-state index in [0.717, 1.165) is 7.87 Å². The molecular formula is C5H9P3. The number of hydrogen-bond donors (Lipinski definition) is 0. The number of aryl methyl sites for hydroxylation is 2. The monoisotopic (exact) mass is 162 g/mol. The first-order valence-electron chi connectivity index (χ1n) is 2.71. The van der Waals surface area contributed by atoms with Crippen molar-refractivity contribution in [3.05, 3.63) is 10.6 Å². The van der Waals surface area contributed by atoms with E-state index in [1.54, 1.807) is 26.0 Å². The van der Waals surface area contributed by atoms with Crippen LogP contribution in [-0.2, 0) is 6.42 Å². The second-order valence-electron chi connectivity index (χ2n) is 1.74. The summed E-state index contributed by atoms with van der Waals surface area (Å²) in [4.78, 5) is 0. The van der Waals surface area contributed by atoms with Gasteiger partial charge in [-0.3, -0.25) is 0 Å². The average Bonchev–Trinajstić information content (AvgIpc) is 2.14. The third-order valence-electron chi connectivity index (χ3n) is 1.16. The first-order valence-corrected chi connectivity index (χ1v) is 7.04. The fraction of sp³-hybridized carbons (Fsp3) is 0.600. The van der Waals surface area contributed by atoms with Crippen LogP contribution in [0.1, 0.15) is 17.5 Å². The third kappa shape index (κ3) is 1.32. The van der Waals surface area contributed by atoms with Crippen molar-refractivity contribution in [2.45, 2.75) is 20.3 Å². The predicted octanol–water partition coefficient (Wildman–Crippen LogP) is 3.75. The minimum atomic E-state index is 1.11. The Hall–Kier alpha value is 0.640. The predicted molar refractivity (Wildman–Crippen MR) is 45.1 cm³/mol. The van der Waals surface area contributed by atoms with Crippen molar-refractivity contribution in [1.29, 1.82) is 0 Å². The van der Waals surface area contributed by atoms with Gasteiger partial charge in [0.2, 0.25) is 0 Å². The number of rotatable bonds is 1. The summed E-state index contributed by atoms with van der Waals surface area (Å²) in [7, 11) is 4.31. The Morgan fingerprint density at radius 3 is 2.62 bits per heavy atom. The highest BCUT2D eigenvalue weighted by atomic mass is 32.1. The van der Waals surface area contributed by atoms with E-state index in [9.17, 15) is 0 Å². The summed E-state index contributed by atoms with van der Waals surface area (Å²) in [5.41, 5.74) is 0. The zero-order valence-electron chi connectivity index (χ0n) is 5.10. The highest BCUT2D eigenvalue weighted by Gasteiger charge is 1.93. The topological polar surface area (TPSA) is 0 Å². The van der Waals surface area contributed by atoms with Gasteiger partial charge in [0.15, 0.2) is 0 Å². The molecule has 0 fully saturated rings. The molecule has 8 heavy (non-hydrogen) atoms. The van der Waals surface area contributed by atoms with E-state index in [-0.39, 0.29) is 0 Å². The molecule has 0 aliphatic rings. The Bertz CT molecular complexity index is 168. The molecule has 0 radical (unpaired) electrons. The summed E-state index contributed by atoms with van der Waals surface area (Å²) in [5.74, 6) is 0. The van der Waals surface area contributed by atoms with E-state index in [2.05, 4.69) is 13.8 Å². The van der Waals surface area contributed by atoms with Crippen molar-refractivity contribution in [2.75, 3.05) is 0 Å². The second-order valence-corrected chi connectivity index (χ2v) is 7.32. The SMILES string of the molecule is CCc1pp[pH]c1C. The maximum absolute atomic E-state index is 2.27. The molecule has 1 aromatic rings. The van der Waals surface area contributed by atoms with Gasteiger partial charge < -0.3 is 0 Å². The Morgan fingerprint density at radius 1 is 1.62 bits per heavy atom. The molecule has 0 N–H and O–H groups in total. The van der Waals surface area contributed by atoms with Crippen molar-refractivity contribution < 1.29 is 0 Å². The summed E-state index contributed by atoms with van der Waals surface area (Å²) < 4.78 is 0. The minimum absolute atomic E-state index is 1.11. The summed E-state index contributed by atoms with van der Waals surface area (Å²) in [6.45, 7) is 4.52. The van der Waals surface area contributed by atoms with Crippen LogP contribution >= 0.6 is 23.3 Å². The molecule has 0 spiro atoms. The summed E-state index contributed by atoms with van der Waals surface area (Å²) in [6, 6.07) is 0. The van der Waals surface area contributed by atoms with Gasteiger partial charge in [-0.05, 0) is 39.4 Å². The molecule has 0 aromatic carbocycles. The van der Waals surface area contributed by atoms with E-state index < -0.39 is 0 Å². The van der Waals surface area contributed by atoms with Gasteiger partial charge in [-0.1, -0.05) is 6.92 Å². The first kappa shape index (κ1) is 6.76. The Labute approximate surface area is 54.8 Å². The van der Waals surface area contributed by atoms with Crippen LogP contribution in [0.3, 0.4) is 0 Å². The minimum Gasteiger partial charge on any atom is -0.102 e. The van der Waals surface area contributed by atoms with Crippen LogP contribution in [0.15, 0.2) is 0 Å². The molecule has 1 unspecified atom stereocenters. The lowest BCUT2D eigenvalue weighted by Crippen LogP contribution is -1.69. The molecule has 0 saturated heterocycles. The summed E-state index contributed by atoms with van der Waals surface area (Å²) >= 11 is 0.